The Labute approximate surface area is 145 Å². The van der Waals surface area contributed by atoms with Crippen LogP contribution in [0.1, 0.15) is 11.3 Å². The number of amides is 1. The van der Waals surface area contributed by atoms with Gasteiger partial charge in [-0.2, -0.15) is 0 Å². The van der Waals surface area contributed by atoms with Gasteiger partial charge in [-0.05, 0) is 42.3 Å². The number of thioether (sulfide) groups is 1. The molecule has 1 amide bonds. The Morgan fingerprint density at radius 1 is 1.04 bits per heavy atom. The Balaban J connectivity index is 1.60. The third kappa shape index (κ3) is 2.97. The minimum Gasteiger partial charge on any atom is -0.467 e. The monoisotopic (exact) mass is 335 g/mol. The van der Waals surface area contributed by atoms with E-state index in [1.165, 1.54) is 10.5 Å². The highest BCUT2D eigenvalue weighted by molar-refractivity contribution is 8.01. The lowest BCUT2D eigenvalue weighted by Gasteiger charge is -2.24. The van der Waals surface area contributed by atoms with Gasteiger partial charge in [0.15, 0.2) is 0 Å². The lowest BCUT2D eigenvalue weighted by molar-refractivity contribution is -0.118. The van der Waals surface area contributed by atoms with Crippen LogP contribution in [0.25, 0.3) is 0 Å². The fourth-order valence-electron chi connectivity index (χ4n) is 2.96. The average molecular weight is 335 g/mol. The van der Waals surface area contributed by atoms with E-state index >= 15 is 0 Å². The molecule has 1 unspecified atom stereocenters. The first-order valence-corrected chi connectivity index (χ1v) is 8.82. The molecule has 2 heterocycles. The van der Waals surface area contributed by atoms with E-state index in [0.29, 0.717) is 6.54 Å². The zero-order chi connectivity index (χ0) is 16.4. The van der Waals surface area contributed by atoms with Crippen molar-refractivity contribution in [3.63, 3.8) is 0 Å². The quantitative estimate of drug-likeness (QED) is 0.702. The molecule has 1 aliphatic heterocycles. The van der Waals surface area contributed by atoms with Crippen LogP contribution in [0.5, 0.6) is 0 Å². The number of anilines is 1. The molecule has 1 aliphatic rings. The molecule has 24 heavy (non-hydrogen) atoms. The van der Waals surface area contributed by atoms with Gasteiger partial charge in [-0.15, -0.1) is 11.8 Å². The predicted molar refractivity (Wildman–Crippen MR) is 96.1 cm³/mol. The second-order valence-corrected chi connectivity index (χ2v) is 7.00. The van der Waals surface area contributed by atoms with Crippen molar-refractivity contribution >= 4 is 23.4 Å². The Hall–Kier alpha value is -2.46. The number of carbonyl (C=O) groups excluding carboxylic acids is 1. The van der Waals surface area contributed by atoms with Crippen LogP contribution < -0.4 is 4.90 Å². The summed E-state index contributed by atoms with van der Waals surface area (Å²) in [6.07, 6.45) is 2.42. The molecule has 0 spiro atoms. The lowest BCUT2D eigenvalue weighted by Crippen LogP contribution is -2.37. The van der Waals surface area contributed by atoms with Crippen LogP contribution in [0.4, 0.5) is 5.69 Å². The zero-order valence-electron chi connectivity index (χ0n) is 13.1. The van der Waals surface area contributed by atoms with E-state index in [1.54, 1.807) is 18.0 Å². The molecule has 4 rings (SSSR count). The normalized spacial score (nSPS) is 15.9. The lowest BCUT2D eigenvalue weighted by atomic mass is 10.1. The average Bonchev–Trinajstić information content (AvgIpc) is 3.29. The fourth-order valence-corrected chi connectivity index (χ4v) is 4.21. The van der Waals surface area contributed by atoms with Gasteiger partial charge in [0.05, 0.1) is 18.1 Å². The van der Waals surface area contributed by atoms with E-state index in [2.05, 4.69) is 12.1 Å². The second-order valence-electron chi connectivity index (χ2n) is 5.76. The van der Waals surface area contributed by atoms with Gasteiger partial charge in [0.1, 0.15) is 5.76 Å². The Kier molecular flexibility index (Phi) is 4.13. The third-order valence-electron chi connectivity index (χ3n) is 4.15. The van der Waals surface area contributed by atoms with Crippen LogP contribution in [0.15, 0.2) is 82.3 Å². The van der Waals surface area contributed by atoms with E-state index < -0.39 is 0 Å². The van der Waals surface area contributed by atoms with Crippen LogP contribution in [0, 0.1) is 0 Å². The number of carbonyl (C=O) groups is 1. The maximum atomic E-state index is 13.2. The standard InChI is InChI=1S/C20H17NO2S/c22-20(19-13-15-7-4-5-11-18(15)24-19)21(14-17-10-6-12-23-17)16-8-2-1-3-9-16/h1-12,19H,13-14H2. The zero-order valence-corrected chi connectivity index (χ0v) is 13.9. The Morgan fingerprint density at radius 3 is 2.58 bits per heavy atom. The summed E-state index contributed by atoms with van der Waals surface area (Å²) in [5, 5.41) is -0.0856. The van der Waals surface area contributed by atoms with Gasteiger partial charge in [-0.3, -0.25) is 4.79 Å². The first-order chi connectivity index (χ1) is 11.8. The van der Waals surface area contributed by atoms with Crippen molar-refractivity contribution in [1.29, 1.82) is 0 Å². The van der Waals surface area contributed by atoms with Crippen molar-refractivity contribution in [3.8, 4) is 0 Å². The molecule has 0 fully saturated rings. The van der Waals surface area contributed by atoms with Gasteiger partial charge >= 0.3 is 0 Å². The predicted octanol–water partition coefficient (Wildman–Crippen LogP) is 4.53. The highest BCUT2D eigenvalue weighted by atomic mass is 32.2. The van der Waals surface area contributed by atoms with E-state index in [4.69, 9.17) is 4.42 Å². The topological polar surface area (TPSA) is 33.5 Å². The molecule has 0 saturated carbocycles. The smallest absolute Gasteiger partial charge is 0.241 e. The summed E-state index contributed by atoms with van der Waals surface area (Å²) in [5.41, 5.74) is 2.15. The van der Waals surface area contributed by atoms with Gasteiger partial charge in [0.25, 0.3) is 0 Å². The summed E-state index contributed by atoms with van der Waals surface area (Å²) < 4.78 is 5.46. The molecule has 0 aliphatic carbocycles. The largest absolute Gasteiger partial charge is 0.467 e. The van der Waals surface area contributed by atoms with Crippen LogP contribution in [-0.2, 0) is 17.8 Å². The summed E-state index contributed by atoms with van der Waals surface area (Å²) >= 11 is 1.66. The molecule has 3 nitrogen and oxygen atoms in total. The van der Waals surface area contributed by atoms with Gasteiger partial charge in [-0.25, -0.2) is 0 Å². The highest BCUT2D eigenvalue weighted by Crippen LogP contribution is 2.38. The third-order valence-corrected chi connectivity index (χ3v) is 5.46. The summed E-state index contributed by atoms with van der Waals surface area (Å²) in [4.78, 5) is 16.2. The molecule has 1 aromatic heterocycles. The number of para-hydroxylation sites is 1. The summed E-state index contributed by atoms with van der Waals surface area (Å²) in [7, 11) is 0. The van der Waals surface area contributed by atoms with Crippen LogP contribution in [0.3, 0.4) is 0 Å². The van der Waals surface area contributed by atoms with Gasteiger partial charge < -0.3 is 9.32 Å². The number of fused-ring (bicyclic) bond motifs is 1. The van der Waals surface area contributed by atoms with Crippen molar-refractivity contribution in [2.75, 3.05) is 4.90 Å². The number of furan rings is 1. The molecular weight excluding hydrogens is 318 g/mol. The van der Waals surface area contributed by atoms with Crippen molar-refractivity contribution in [1.82, 2.24) is 0 Å². The van der Waals surface area contributed by atoms with Crippen molar-refractivity contribution in [3.05, 3.63) is 84.3 Å². The molecule has 4 heteroatoms. The number of nitrogens with zero attached hydrogens (tertiary/aromatic N) is 1. The van der Waals surface area contributed by atoms with Crippen LogP contribution >= 0.6 is 11.8 Å². The Bertz CT molecular complexity index is 805. The highest BCUT2D eigenvalue weighted by Gasteiger charge is 2.32. The number of hydrogen-bond donors (Lipinski definition) is 0. The molecule has 1 atom stereocenters. The summed E-state index contributed by atoms with van der Waals surface area (Å²) in [5.74, 6) is 0.909. The van der Waals surface area contributed by atoms with E-state index in [0.717, 1.165) is 17.9 Å². The van der Waals surface area contributed by atoms with Crippen molar-refractivity contribution in [2.24, 2.45) is 0 Å². The first-order valence-electron chi connectivity index (χ1n) is 7.94. The minimum atomic E-state index is -0.0856. The maximum absolute atomic E-state index is 13.2. The number of hydrogen-bond acceptors (Lipinski definition) is 3. The summed E-state index contributed by atoms with van der Waals surface area (Å²) in [6.45, 7) is 0.448. The molecule has 0 N–H and O–H groups in total. The molecule has 0 bridgehead atoms. The van der Waals surface area contributed by atoms with E-state index in [9.17, 15) is 4.79 Å². The fraction of sp³-hybridized carbons (Fsp3) is 0.150. The van der Waals surface area contributed by atoms with E-state index in [-0.39, 0.29) is 11.2 Å². The van der Waals surface area contributed by atoms with Crippen molar-refractivity contribution in [2.45, 2.75) is 23.1 Å². The Morgan fingerprint density at radius 2 is 1.83 bits per heavy atom. The second kappa shape index (κ2) is 6.57. The van der Waals surface area contributed by atoms with Gasteiger partial charge in [0, 0.05) is 10.6 Å². The maximum Gasteiger partial charge on any atom is 0.241 e. The number of benzene rings is 2. The van der Waals surface area contributed by atoms with E-state index in [1.807, 2.05) is 59.5 Å². The molecule has 3 aromatic rings. The molecule has 2 aromatic carbocycles. The molecular formula is C20H17NO2S. The first kappa shape index (κ1) is 15.1. The van der Waals surface area contributed by atoms with Gasteiger partial charge in [0.2, 0.25) is 5.91 Å². The number of rotatable bonds is 4. The van der Waals surface area contributed by atoms with Gasteiger partial charge in [-0.1, -0.05) is 36.4 Å². The SMILES string of the molecule is O=C(C1Cc2ccccc2S1)N(Cc1ccco1)c1ccccc1. The molecule has 120 valence electrons. The molecule has 0 radical (unpaired) electrons. The van der Waals surface area contributed by atoms with Crippen LogP contribution in [-0.4, -0.2) is 11.2 Å². The van der Waals surface area contributed by atoms with Crippen LogP contribution in [0.2, 0.25) is 0 Å². The van der Waals surface area contributed by atoms with Crippen molar-refractivity contribution < 1.29 is 9.21 Å². The minimum absolute atomic E-state index is 0.0856. The molecule has 0 saturated heterocycles. The summed E-state index contributed by atoms with van der Waals surface area (Å²) in [6, 6.07) is 21.8.